The number of carbonyl (C=O) groups is 1. The van der Waals surface area contributed by atoms with Gasteiger partial charge in [0.2, 0.25) is 0 Å². The minimum absolute atomic E-state index is 0.00231. The Morgan fingerprint density at radius 2 is 2.00 bits per heavy atom. The molecule has 0 aromatic heterocycles. The van der Waals surface area contributed by atoms with Crippen molar-refractivity contribution in [3.05, 3.63) is 33.8 Å². The van der Waals surface area contributed by atoms with E-state index in [2.05, 4.69) is 0 Å². The zero-order chi connectivity index (χ0) is 10.9. The summed E-state index contributed by atoms with van der Waals surface area (Å²) in [6, 6.07) is 2.55. The van der Waals surface area contributed by atoms with Gasteiger partial charge >= 0.3 is 0 Å². The number of carbonyl (C=O) groups excluding carboxylic acids is 1. The molecular formula is C10H9ClF2O. The molecule has 1 rings (SSSR count). The van der Waals surface area contributed by atoms with Crippen molar-refractivity contribution >= 4 is 17.4 Å². The molecule has 0 amide bonds. The van der Waals surface area contributed by atoms with Gasteiger partial charge in [-0.05, 0) is 31.5 Å². The predicted molar refractivity (Wildman–Crippen MR) is 51.2 cm³/mol. The maximum atomic E-state index is 12.4. The number of aryl methyl sites for hydroxylation is 1. The van der Waals surface area contributed by atoms with Gasteiger partial charge in [-0.15, -0.1) is 0 Å². The van der Waals surface area contributed by atoms with Gasteiger partial charge in [0.1, 0.15) is 0 Å². The van der Waals surface area contributed by atoms with Crippen LogP contribution in [0.2, 0.25) is 5.02 Å². The lowest BCUT2D eigenvalue weighted by Gasteiger charge is -2.07. The first-order chi connectivity index (χ1) is 6.43. The molecule has 0 saturated heterocycles. The minimum atomic E-state index is -2.65. The summed E-state index contributed by atoms with van der Waals surface area (Å²) in [4.78, 5) is 11.1. The number of ketones is 1. The number of benzene rings is 1. The van der Waals surface area contributed by atoms with E-state index in [1.54, 1.807) is 6.92 Å². The van der Waals surface area contributed by atoms with Crippen molar-refractivity contribution in [2.45, 2.75) is 20.3 Å². The molecule has 0 unspecified atom stereocenters. The highest BCUT2D eigenvalue weighted by Crippen LogP contribution is 2.29. The van der Waals surface area contributed by atoms with Crippen LogP contribution < -0.4 is 0 Å². The number of hydrogen-bond acceptors (Lipinski definition) is 1. The van der Waals surface area contributed by atoms with Crippen LogP contribution in [0.5, 0.6) is 0 Å². The van der Waals surface area contributed by atoms with E-state index in [0.29, 0.717) is 11.1 Å². The largest absolute Gasteiger partial charge is 0.295 e. The molecule has 1 aromatic rings. The van der Waals surface area contributed by atoms with Crippen LogP contribution >= 0.6 is 11.6 Å². The fourth-order valence-corrected chi connectivity index (χ4v) is 1.54. The second-order valence-electron chi connectivity index (χ2n) is 3.05. The zero-order valence-corrected chi connectivity index (χ0v) is 8.53. The van der Waals surface area contributed by atoms with Crippen LogP contribution in [-0.4, -0.2) is 5.78 Å². The van der Waals surface area contributed by atoms with E-state index < -0.39 is 6.43 Å². The van der Waals surface area contributed by atoms with Crippen LogP contribution in [-0.2, 0) is 0 Å². The third-order valence-electron chi connectivity index (χ3n) is 1.96. The summed E-state index contributed by atoms with van der Waals surface area (Å²) in [6.45, 7) is 3.00. The van der Waals surface area contributed by atoms with Gasteiger partial charge in [0.05, 0.1) is 0 Å². The summed E-state index contributed by atoms with van der Waals surface area (Å²) in [7, 11) is 0. The van der Waals surface area contributed by atoms with Gasteiger partial charge in [-0.3, -0.25) is 4.79 Å². The third-order valence-corrected chi connectivity index (χ3v) is 2.29. The lowest BCUT2D eigenvalue weighted by atomic mass is 10.0. The van der Waals surface area contributed by atoms with Gasteiger partial charge < -0.3 is 0 Å². The molecule has 0 radical (unpaired) electrons. The molecule has 0 bridgehead atoms. The quantitative estimate of drug-likeness (QED) is 0.691. The van der Waals surface area contributed by atoms with E-state index in [1.165, 1.54) is 13.0 Å². The molecule has 1 nitrogen and oxygen atoms in total. The van der Waals surface area contributed by atoms with E-state index >= 15 is 0 Å². The number of rotatable bonds is 2. The highest BCUT2D eigenvalue weighted by atomic mass is 35.5. The van der Waals surface area contributed by atoms with E-state index in [4.69, 9.17) is 11.6 Å². The fourth-order valence-electron chi connectivity index (χ4n) is 1.24. The Hall–Kier alpha value is -0.960. The molecule has 0 aliphatic heterocycles. The Kier molecular flexibility index (Phi) is 3.21. The maximum absolute atomic E-state index is 12.4. The van der Waals surface area contributed by atoms with Crippen LogP contribution in [0.25, 0.3) is 0 Å². The smallest absolute Gasteiger partial charge is 0.265 e. The van der Waals surface area contributed by atoms with E-state index in [9.17, 15) is 13.6 Å². The van der Waals surface area contributed by atoms with Gasteiger partial charge in [-0.25, -0.2) is 8.78 Å². The van der Waals surface area contributed by atoms with Crippen LogP contribution in [0, 0.1) is 6.92 Å². The molecule has 0 N–H and O–H groups in total. The molecule has 76 valence electrons. The summed E-state index contributed by atoms with van der Waals surface area (Å²) >= 11 is 5.61. The van der Waals surface area contributed by atoms with Crippen molar-refractivity contribution in [3.63, 3.8) is 0 Å². The minimum Gasteiger partial charge on any atom is -0.295 e. The zero-order valence-electron chi connectivity index (χ0n) is 7.77. The van der Waals surface area contributed by atoms with Gasteiger partial charge in [-0.2, -0.15) is 0 Å². The summed E-state index contributed by atoms with van der Waals surface area (Å²) in [5.41, 5.74) is 0.624. The van der Waals surface area contributed by atoms with Crippen LogP contribution in [0.4, 0.5) is 8.78 Å². The summed E-state index contributed by atoms with van der Waals surface area (Å²) in [5.74, 6) is -0.235. The van der Waals surface area contributed by atoms with E-state index in [-0.39, 0.29) is 16.4 Å². The SMILES string of the molecule is CC(=O)c1cc(C(F)F)c(Cl)cc1C. The predicted octanol–water partition coefficient (Wildman–Crippen LogP) is 3.79. The van der Waals surface area contributed by atoms with Gasteiger partial charge in [-0.1, -0.05) is 11.6 Å². The lowest BCUT2D eigenvalue weighted by Crippen LogP contribution is -1.99. The summed E-state index contributed by atoms with van der Waals surface area (Å²) in [5, 5.41) is 0.00231. The summed E-state index contributed by atoms with van der Waals surface area (Å²) in [6.07, 6.45) is -2.65. The van der Waals surface area contributed by atoms with Crippen molar-refractivity contribution in [1.29, 1.82) is 0 Å². The molecule has 0 spiro atoms. The Morgan fingerprint density at radius 3 is 2.43 bits per heavy atom. The number of Topliss-reactive ketones (excluding diaryl/α,β-unsaturated/α-hetero) is 1. The lowest BCUT2D eigenvalue weighted by molar-refractivity contribution is 0.101. The van der Waals surface area contributed by atoms with Crippen molar-refractivity contribution in [3.8, 4) is 0 Å². The van der Waals surface area contributed by atoms with Crippen molar-refractivity contribution in [1.82, 2.24) is 0 Å². The first kappa shape index (κ1) is 11.1. The van der Waals surface area contributed by atoms with E-state index in [1.807, 2.05) is 0 Å². The topological polar surface area (TPSA) is 17.1 Å². The molecule has 0 saturated carbocycles. The molecule has 0 heterocycles. The standard InChI is InChI=1S/C10H9ClF2O/c1-5-3-9(11)8(10(12)13)4-7(5)6(2)14/h3-4,10H,1-2H3. The maximum Gasteiger partial charge on any atom is 0.265 e. The number of halogens is 3. The second kappa shape index (κ2) is 4.05. The Balaban J connectivity index is 3.34. The Morgan fingerprint density at radius 1 is 1.43 bits per heavy atom. The molecule has 0 aliphatic rings. The van der Waals surface area contributed by atoms with Crippen molar-refractivity contribution < 1.29 is 13.6 Å². The highest BCUT2D eigenvalue weighted by molar-refractivity contribution is 6.31. The first-order valence-electron chi connectivity index (χ1n) is 4.02. The molecule has 0 fully saturated rings. The van der Waals surface area contributed by atoms with E-state index in [0.717, 1.165) is 6.07 Å². The second-order valence-corrected chi connectivity index (χ2v) is 3.45. The van der Waals surface area contributed by atoms with Gasteiger partial charge in [0.25, 0.3) is 6.43 Å². The molecule has 0 aliphatic carbocycles. The van der Waals surface area contributed by atoms with Gasteiger partial charge in [0.15, 0.2) is 5.78 Å². The van der Waals surface area contributed by atoms with Crippen molar-refractivity contribution in [2.75, 3.05) is 0 Å². The molecule has 0 atom stereocenters. The molecule has 1 aromatic carbocycles. The monoisotopic (exact) mass is 218 g/mol. The average Bonchev–Trinajstić information content (AvgIpc) is 2.02. The number of hydrogen-bond donors (Lipinski definition) is 0. The normalized spacial score (nSPS) is 10.7. The first-order valence-corrected chi connectivity index (χ1v) is 4.40. The summed E-state index contributed by atoms with van der Waals surface area (Å²) < 4.78 is 24.8. The Bertz CT molecular complexity index is 375. The van der Waals surface area contributed by atoms with Crippen LogP contribution in [0.15, 0.2) is 12.1 Å². The van der Waals surface area contributed by atoms with Crippen LogP contribution in [0.3, 0.4) is 0 Å². The van der Waals surface area contributed by atoms with Crippen molar-refractivity contribution in [2.24, 2.45) is 0 Å². The Labute approximate surface area is 85.7 Å². The molecule has 14 heavy (non-hydrogen) atoms. The fraction of sp³-hybridized carbons (Fsp3) is 0.300. The third kappa shape index (κ3) is 2.10. The molecular weight excluding hydrogens is 210 g/mol. The van der Waals surface area contributed by atoms with Gasteiger partial charge in [0, 0.05) is 16.1 Å². The molecule has 4 heteroatoms. The highest BCUT2D eigenvalue weighted by Gasteiger charge is 2.15. The number of alkyl halides is 2. The van der Waals surface area contributed by atoms with Crippen LogP contribution in [0.1, 0.15) is 34.8 Å². The average molecular weight is 219 g/mol.